The van der Waals surface area contributed by atoms with Gasteiger partial charge in [0.1, 0.15) is 5.82 Å². The van der Waals surface area contributed by atoms with E-state index in [4.69, 9.17) is 0 Å². The topological polar surface area (TPSA) is 68.1 Å². The smallest absolute Gasteiger partial charge is 0.311 e. The maximum Gasteiger partial charge on any atom is 0.311 e. The number of rotatable bonds is 3. The number of benzene rings is 1. The van der Waals surface area contributed by atoms with Crippen LogP contribution in [0.3, 0.4) is 0 Å². The summed E-state index contributed by atoms with van der Waals surface area (Å²) in [4.78, 5) is 14.5. The van der Waals surface area contributed by atoms with Gasteiger partial charge in [-0.3, -0.25) is 10.1 Å². The third-order valence-electron chi connectivity index (χ3n) is 3.48. The number of anilines is 1. The summed E-state index contributed by atoms with van der Waals surface area (Å²) in [6.45, 7) is 0. The van der Waals surface area contributed by atoms with Gasteiger partial charge >= 0.3 is 5.69 Å². The summed E-state index contributed by atoms with van der Waals surface area (Å²) in [5.41, 5.74) is 1.85. The predicted octanol–water partition coefficient (Wildman–Crippen LogP) is 3.23. The molecule has 1 aromatic carbocycles. The maximum absolute atomic E-state index is 13.3. The van der Waals surface area contributed by atoms with Crippen molar-refractivity contribution >= 4 is 11.5 Å². The van der Waals surface area contributed by atoms with E-state index in [1.165, 1.54) is 30.5 Å². The summed E-state index contributed by atoms with van der Waals surface area (Å²) in [6, 6.07) is 7.45. The number of hydrogen-bond acceptors (Lipinski definition) is 4. The van der Waals surface area contributed by atoms with E-state index >= 15 is 0 Å². The van der Waals surface area contributed by atoms with Gasteiger partial charge in [-0.05, 0) is 42.2 Å². The minimum atomic E-state index is -0.475. The lowest BCUT2D eigenvalue weighted by Gasteiger charge is -2.14. The summed E-state index contributed by atoms with van der Waals surface area (Å²) >= 11 is 0. The first kappa shape index (κ1) is 12.5. The largest absolute Gasteiger partial charge is 0.358 e. The minimum absolute atomic E-state index is 0.0719. The van der Waals surface area contributed by atoms with Gasteiger partial charge in [0.05, 0.1) is 11.0 Å². The average molecular weight is 273 g/mol. The van der Waals surface area contributed by atoms with E-state index in [0.717, 1.165) is 24.0 Å². The highest BCUT2D eigenvalue weighted by atomic mass is 19.1. The van der Waals surface area contributed by atoms with Gasteiger partial charge in [-0.2, -0.15) is 0 Å². The maximum atomic E-state index is 13.3. The Kier molecular flexibility index (Phi) is 3.06. The Balaban J connectivity index is 1.91. The van der Waals surface area contributed by atoms with Crippen molar-refractivity contribution in [2.24, 2.45) is 0 Å². The number of nitro groups is 1. The molecule has 1 N–H and O–H groups in total. The highest BCUT2D eigenvalue weighted by Crippen LogP contribution is 2.35. The second kappa shape index (κ2) is 4.88. The first-order chi connectivity index (χ1) is 9.65. The number of nitrogens with zero attached hydrogens (tertiary/aromatic N) is 2. The third kappa shape index (κ3) is 2.20. The number of halogens is 1. The zero-order valence-electron chi connectivity index (χ0n) is 10.5. The van der Waals surface area contributed by atoms with Crippen LogP contribution in [0.5, 0.6) is 0 Å². The van der Waals surface area contributed by atoms with Crippen molar-refractivity contribution in [2.75, 3.05) is 5.32 Å². The lowest BCUT2D eigenvalue weighted by molar-refractivity contribution is -0.384. The Morgan fingerprint density at radius 3 is 3.05 bits per heavy atom. The van der Waals surface area contributed by atoms with Gasteiger partial charge < -0.3 is 5.32 Å². The van der Waals surface area contributed by atoms with Crippen LogP contribution in [0.15, 0.2) is 36.5 Å². The molecule has 1 aliphatic rings. The molecule has 0 saturated heterocycles. The molecule has 0 radical (unpaired) electrons. The molecule has 6 heteroatoms. The first-order valence-corrected chi connectivity index (χ1v) is 6.29. The molecule has 1 aliphatic carbocycles. The number of pyridine rings is 1. The molecular weight excluding hydrogens is 261 g/mol. The number of nitrogens with one attached hydrogen (secondary N) is 1. The second-order valence-corrected chi connectivity index (χ2v) is 4.71. The van der Waals surface area contributed by atoms with Crippen molar-refractivity contribution in [3.05, 3.63) is 63.6 Å². The molecule has 0 aliphatic heterocycles. The van der Waals surface area contributed by atoms with Gasteiger partial charge in [-0.1, -0.05) is 6.07 Å². The number of aryl methyl sites for hydroxylation is 1. The molecule has 0 saturated carbocycles. The fourth-order valence-electron chi connectivity index (χ4n) is 2.54. The van der Waals surface area contributed by atoms with Gasteiger partial charge in [-0.25, -0.2) is 9.37 Å². The van der Waals surface area contributed by atoms with Crippen molar-refractivity contribution in [1.29, 1.82) is 0 Å². The fourth-order valence-corrected chi connectivity index (χ4v) is 2.54. The molecule has 0 amide bonds. The van der Waals surface area contributed by atoms with Crippen LogP contribution in [0.4, 0.5) is 15.9 Å². The number of aromatic nitrogens is 1. The van der Waals surface area contributed by atoms with E-state index in [0.29, 0.717) is 0 Å². The van der Waals surface area contributed by atoms with E-state index in [1.807, 2.05) is 0 Å². The van der Waals surface area contributed by atoms with Crippen LogP contribution in [-0.2, 0) is 6.42 Å². The quantitative estimate of drug-likeness (QED) is 0.688. The Morgan fingerprint density at radius 1 is 1.40 bits per heavy atom. The fraction of sp³-hybridized carbons (Fsp3) is 0.214. The van der Waals surface area contributed by atoms with Crippen LogP contribution in [0.2, 0.25) is 0 Å². The zero-order valence-corrected chi connectivity index (χ0v) is 10.5. The van der Waals surface area contributed by atoms with E-state index in [2.05, 4.69) is 10.3 Å². The van der Waals surface area contributed by atoms with Crippen LogP contribution in [0, 0.1) is 15.9 Å². The molecule has 1 heterocycles. The lowest BCUT2D eigenvalue weighted by Crippen LogP contribution is -2.10. The first-order valence-electron chi connectivity index (χ1n) is 6.29. The van der Waals surface area contributed by atoms with Crippen molar-refractivity contribution < 1.29 is 9.31 Å². The molecule has 5 nitrogen and oxygen atoms in total. The van der Waals surface area contributed by atoms with Crippen molar-refractivity contribution in [3.8, 4) is 0 Å². The Labute approximate surface area is 114 Å². The van der Waals surface area contributed by atoms with Crippen molar-refractivity contribution in [3.63, 3.8) is 0 Å². The molecular formula is C14H12FN3O2. The van der Waals surface area contributed by atoms with Gasteiger partial charge in [0.15, 0.2) is 0 Å². The van der Waals surface area contributed by atoms with E-state index in [1.54, 1.807) is 6.07 Å². The Hall–Kier alpha value is -2.50. The van der Waals surface area contributed by atoms with Gasteiger partial charge in [0.2, 0.25) is 5.82 Å². The Bertz CT molecular complexity index is 675. The SMILES string of the molecule is O=[N+]([O-])c1cccnc1NC1CCc2ccc(F)cc21. The molecule has 2 aromatic rings. The summed E-state index contributed by atoms with van der Waals surface area (Å²) in [5, 5.41) is 14.0. The van der Waals surface area contributed by atoms with Crippen molar-refractivity contribution in [1.82, 2.24) is 4.98 Å². The van der Waals surface area contributed by atoms with E-state index in [-0.39, 0.29) is 23.4 Å². The molecule has 0 spiro atoms. The summed E-state index contributed by atoms with van der Waals surface area (Å²) in [5.74, 6) is -0.0763. The number of fused-ring (bicyclic) bond motifs is 1. The molecule has 1 aromatic heterocycles. The molecule has 0 bridgehead atoms. The second-order valence-electron chi connectivity index (χ2n) is 4.71. The molecule has 3 rings (SSSR count). The van der Waals surface area contributed by atoms with Crippen LogP contribution in [-0.4, -0.2) is 9.91 Å². The van der Waals surface area contributed by atoms with Gasteiger partial charge in [0.25, 0.3) is 0 Å². The lowest BCUT2D eigenvalue weighted by atomic mass is 10.1. The summed E-state index contributed by atoms with van der Waals surface area (Å²) in [6.07, 6.45) is 3.09. The summed E-state index contributed by atoms with van der Waals surface area (Å²) < 4.78 is 13.3. The van der Waals surface area contributed by atoms with Crippen LogP contribution in [0.1, 0.15) is 23.6 Å². The van der Waals surface area contributed by atoms with E-state index in [9.17, 15) is 14.5 Å². The zero-order chi connectivity index (χ0) is 14.1. The van der Waals surface area contributed by atoms with Crippen LogP contribution < -0.4 is 5.32 Å². The van der Waals surface area contributed by atoms with Crippen molar-refractivity contribution in [2.45, 2.75) is 18.9 Å². The summed E-state index contributed by atoms with van der Waals surface area (Å²) in [7, 11) is 0. The molecule has 0 fully saturated rings. The van der Waals surface area contributed by atoms with Gasteiger partial charge in [-0.15, -0.1) is 0 Å². The third-order valence-corrected chi connectivity index (χ3v) is 3.48. The predicted molar refractivity (Wildman–Crippen MR) is 72.0 cm³/mol. The monoisotopic (exact) mass is 273 g/mol. The molecule has 1 unspecified atom stereocenters. The van der Waals surface area contributed by atoms with Crippen LogP contribution in [0.25, 0.3) is 0 Å². The minimum Gasteiger partial charge on any atom is -0.358 e. The standard InChI is InChI=1S/C14H12FN3O2/c15-10-5-3-9-4-6-12(11(9)8-10)17-14-13(18(19)20)2-1-7-16-14/h1-3,5,7-8,12H,4,6H2,(H,16,17). The normalized spacial score (nSPS) is 16.8. The van der Waals surface area contributed by atoms with Gasteiger partial charge in [0, 0.05) is 12.3 Å². The molecule has 102 valence electrons. The number of hydrogen-bond donors (Lipinski definition) is 1. The Morgan fingerprint density at radius 2 is 2.25 bits per heavy atom. The molecule has 1 atom stereocenters. The highest BCUT2D eigenvalue weighted by Gasteiger charge is 2.25. The molecule has 20 heavy (non-hydrogen) atoms. The average Bonchev–Trinajstić information content (AvgIpc) is 2.82. The highest BCUT2D eigenvalue weighted by molar-refractivity contribution is 5.57. The van der Waals surface area contributed by atoms with E-state index < -0.39 is 4.92 Å². The van der Waals surface area contributed by atoms with Crippen LogP contribution >= 0.6 is 0 Å².